The lowest BCUT2D eigenvalue weighted by atomic mass is 9.95. The number of hydrogen-bond donors (Lipinski definition) is 1. The van der Waals surface area contributed by atoms with Crippen LogP contribution < -0.4 is 0 Å². The molecule has 0 unspecified atom stereocenters. The largest absolute Gasteiger partial charge is 0.301 e. The molecular weight excluding hydrogens is 210 g/mol. The zero-order chi connectivity index (χ0) is 12.4. The van der Waals surface area contributed by atoms with E-state index >= 15 is 0 Å². The van der Waals surface area contributed by atoms with Gasteiger partial charge in [-0.25, -0.2) is 0 Å². The molecule has 0 spiro atoms. The molecule has 86 valence electrons. The van der Waals surface area contributed by atoms with Crippen LogP contribution in [0.2, 0.25) is 0 Å². The summed E-state index contributed by atoms with van der Waals surface area (Å²) in [6.07, 6.45) is 0. The van der Waals surface area contributed by atoms with Crippen LogP contribution in [0.3, 0.4) is 0 Å². The van der Waals surface area contributed by atoms with Gasteiger partial charge in [-0.2, -0.15) is 0 Å². The van der Waals surface area contributed by atoms with Crippen LogP contribution in [0.15, 0.2) is 42.5 Å². The second-order valence-electron chi connectivity index (χ2n) is 4.42. The lowest BCUT2D eigenvalue weighted by Crippen LogP contribution is -2.19. The molecule has 1 N–H and O–H groups in total. The molecule has 2 rings (SSSR count). The summed E-state index contributed by atoms with van der Waals surface area (Å²) in [7, 11) is 0. The molecule has 2 nitrogen and oxygen atoms in total. The number of rotatable bonds is 3. The summed E-state index contributed by atoms with van der Waals surface area (Å²) in [5.74, 6) is -0.210. The van der Waals surface area contributed by atoms with Gasteiger partial charge in [-0.1, -0.05) is 56.3 Å². The Morgan fingerprint density at radius 2 is 1.71 bits per heavy atom. The quantitative estimate of drug-likeness (QED) is 0.628. The first-order valence-corrected chi connectivity index (χ1v) is 5.72. The molecular formula is C15H15NO. The van der Waals surface area contributed by atoms with Crippen LogP contribution in [0.5, 0.6) is 0 Å². The molecule has 0 aromatic heterocycles. The second kappa shape index (κ2) is 4.50. The van der Waals surface area contributed by atoms with Crippen LogP contribution >= 0.6 is 0 Å². The highest BCUT2D eigenvalue weighted by Gasteiger charge is 2.17. The number of nitrogens with one attached hydrogen (secondary N) is 1. The van der Waals surface area contributed by atoms with Crippen molar-refractivity contribution in [1.82, 2.24) is 0 Å². The number of benzene rings is 2. The van der Waals surface area contributed by atoms with E-state index in [9.17, 15) is 4.79 Å². The predicted molar refractivity (Wildman–Crippen MR) is 70.8 cm³/mol. The SMILES string of the molecule is CC(C)C(=N)C(=O)c1cccc2ccccc12. The van der Waals surface area contributed by atoms with Crippen molar-refractivity contribution in [2.24, 2.45) is 5.92 Å². The third-order valence-corrected chi connectivity index (χ3v) is 2.86. The number of hydrogen-bond acceptors (Lipinski definition) is 2. The van der Waals surface area contributed by atoms with Gasteiger partial charge in [0.1, 0.15) is 0 Å². The van der Waals surface area contributed by atoms with E-state index in [2.05, 4.69) is 0 Å². The molecule has 0 amide bonds. The molecule has 0 radical (unpaired) electrons. The molecule has 0 bridgehead atoms. The fourth-order valence-electron chi connectivity index (χ4n) is 1.83. The predicted octanol–water partition coefficient (Wildman–Crippen LogP) is 3.70. The Kier molecular flexibility index (Phi) is 3.05. The summed E-state index contributed by atoms with van der Waals surface area (Å²) in [5.41, 5.74) is 0.795. The van der Waals surface area contributed by atoms with Gasteiger partial charge in [-0.05, 0) is 16.7 Å². The van der Waals surface area contributed by atoms with Gasteiger partial charge in [-0.15, -0.1) is 0 Å². The van der Waals surface area contributed by atoms with Crippen LogP contribution in [-0.2, 0) is 0 Å². The Morgan fingerprint density at radius 3 is 2.41 bits per heavy atom. The number of Topliss-reactive ketones (excluding diaryl/α,β-unsaturated/α-hetero) is 1. The molecule has 0 fully saturated rings. The molecule has 0 heterocycles. The minimum atomic E-state index is -0.170. The molecule has 0 atom stereocenters. The van der Waals surface area contributed by atoms with Gasteiger partial charge in [0.15, 0.2) is 0 Å². The van der Waals surface area contributed by atoms with Gasteiger partial charge in [0.2, 0.25) is 5.78 Å². The van der Waals surface area contributed by atoms with E-state index in [0.717, 1.165) is 10.8 Å². The van der Waals surface area contributed by atoms with Crippen LogP contribution in [0.1, 0.15) is 24.2 Å². The monoisotopic (exact) mass is 225 g/mol. The smallest absolute Gasteiger partial charge is 0.207 e. The average Bonchev–Trinajstić information content (AvgIpc) is 2.36. The first-order valence-electron chi connectivity index (χ1n) is 5.72. The van der Waals surface area contributed by atoms with Crippen molar-refractivity contribution in [2.45, 2.75) is 13.8 Å². The lowest BCUT2D eigenvalue weighted by molar-refractivity contribution is 0.106. The first kappa shape index (κ1) is 11.5. The van der Waals surface area contributed by atoms with E-state index in [1.165, 1.54) is 0 Å². The minimum absolute atomic E-state index is 0.0403. The van der Waals surface area contributed by atoms with E-state index in [1.54, 1.807) is 6.07 Å². The third kappa shape index (κ3) is 2.11. The highest BCUT2D eigenvalue weighted by Crippen LogP contribution is 2.20. The zero-order valence-corrected chi connectivity index (χ0v) is 10.0. The van der Waals surface area contributed by atoms with Gasteiger partial charge in [0, 0.05) is 5.56 Å². The van der Waals surface area contributed by atoms with E-state index in [0.29, 0.717) is 5.56 Å². The highest BCUT2D eigenvalue weighted by molar-refractivity contribution is 6.47. The molecule has 0 aliphatic carbocycles. The number of ketones is 1. The maximum atomic E-state index is 12.2. The summed E-state index contributed by atoms with van der Waals surface area (Å²) >= 11 is 0. The van der Waals surface area contributed by atoms with Crippen LogP contribution in [0.4, 0.5) is 0 Å². The van der Waals surface area contributed by atoms with Crippen LogP contribution in [0, 0.1) is 11.3 Å². The fourth-order valence-corrected chi connectivity index (χ4v) is 1.83. The van der Waals surface area contributed by atoms with Gasteiger partial charge in [0.05, 0.1) is 5.71 Å². The second-order valence-corrected chi connectivity index (χ2v) is 4.42. The Bertz CT molecular complexity index is 579. The first-order chi connectivity index (χ1) is 8.11. The molecule has 2 aromatic carbocycles. The Morgan fingerprint density at radius 1 is 1.06 bits per heavy atom. The molecule has 17 heavy (non-hydrogen) atoms. The van der Waals surface area contributed by atoms with E-state index in [-0.39, 0.29) is 17.4 Å². The number of carbonyl (C=O) groups excluding carboxylic acids is 1. The lowest BCUT2D eigenvalue weighted by Gasteiger charge is -2.08. The van der Waals surface area contributed by atoms with Crippen molar-refractivity contribution in [2.75, 3.05) is 0 Å². The van der Waals surface area contributed by atoms with Crippen molar-refractivity contribution in [3.63, 3.8) is 0 Å². The molecule has 0 saturated heterocycles. The van der Waals surface area contributed by atoms with Crippen molar-refractivity contribution in [3.05, 3.63) is 48.0 Å². The highest BCUT2D eigenvalue weighted by atomic mass is 16.1. The molecule has 0 aliphatic heterocycles. The minimum Gasteiger partial charge on any atom is -0.301 e. The fraction of sp³-hybridized carbons (Fsp3) is 0.200. The van der Waals surface area contributed by atoms with E-state index in [4.69, 9.17) is 5.41 Å². The van der Waals surface area contributed by atoms with Gasteiger partial charge in [0.25, 0.3) is 0 Å². The molecule has 2 aromatic rings. The molecule has 2 heteroatoms. The van der Waals surface area contributed by atoms with Gasteiger partial charge < -0.3 is 5.41 Å². The van der Waals surface area contributed by atoms with Crippen LogP contribution in [-0.4, -0.2) is 11.5 Å². The van der Waals surface area contributed by atoms with Gasteiger partial charge >= 0.3 is 0 Å². The topological polar surface area (TPSA) is 40.9 Å². The van der Waals surface area contributed by atoms with Crippen molar-refractivity contribution >= 4 is 22.3 Å². The van der Waals surface area contributed by atoms with Crippen molar-refractivity contribution < 1.29 is 4.79 Å². The summed E-state index contributed by atoms with van der Waals surface area (Å²) in [6.45, 7) is 3.73. The third-order valence-electron chi connectivity index (χ3n) is 2.86. The summed E-state index contributed by atoms with van der Waals surface area (Å²) in [6, 6.07) is 13.4. The Hall–Kier alpha value is -1.96. The van der Waals surface area contributed by atoms with Crippen molar-refractivity contribution in [3.8, 4) is 0 Å². The molecule has 0 saturated carbocycles. The van der Waals surface area contributed by atoms with E-state index in [1.807, 2.05) is 50.2 Å². The van der Waals surface area contributed by atoms with Gasteiger partial charge in [-0.3, -0.25) is 4.79 Å². The van der Waals surface area contributed by atoms with Crippen LogP contribution in [0.25, 0.3) is 10.8 Å². The summed E-state index contributed by atoms with van der Waals surface area (Å²) < 4.78 is 0. The van der Waals surface area contributed by atoms with Crippen molar-refractivity contribution in [1.29, 1.82) is 5.41 Å². The average molecular weight is 225 g/mol. The Balaban J connectivity index is 2.56. The summed E-state index contributed by atoms with van der Waals surface area (Å²) in [5, 5.41) is 9.77. The summed E-state index contributed by atoms with van der Waals surface area (Å²) in [4.78, 5) is 12.2. The number of carbonyl (C=O) groups is 1. The zero-order valence-electron chi connectivity index (χ0n) is 10.0. The number of fused-ring (bicyclic) bond motifs is 1. The maximum absolute atomic E-state index is 12.2. The standard InChI is InChI=1S/C15H15NO/c1-10(2)14(16)15(17)13-9-5-7-11-6-3-4-8-12(11)13/h3-10,16H,1-2H3. The normalized spacial score (nSPS) is 10.8. The Labute approximate surface area is 101 Å². The maximum Gasteiger partial charge on any atom is 0.207 e. The van der Waals surface area contributed by atoms with E-state index < -0.39 is 0 Å². The molecule has 0 aliphatic rings.